The lowest BCUT2D eigenvalue weighted by Gasteiger charge is -2.42. The van der Waals surface area contributed by atoms with Crippen molar-refractivity contribution in [3.8, 4) is 0 Å². The van der Waals surface area contributed by atoms with E-state index in [1.807, 2.05) is 11.3 Å². The van der Waals surface area contributed by atoms with Crippen molar-refractivity contribution in [3.05, 3.63) is 22.4 Å². The Morgan fingerprint density at radius 2 is 2.05 bits per heavy atom. The third kappa shape index (κ3) is 4.54. The number of rotatable bonds is 6. The Kier molecular flexibility index (Phi) is 6.30. The molecule has 1 saturated carbocycles. The van der Waals surface area contributed by atoms with Crippen LogP contribution in [0, 0.1) is 5.92 Å². The first-order valence-electron chi connectivity index (χ1n) is 8.95. The summed E-state index contributed by atoms with van der Waals surface area (Å²) in [4.78, 5) is 6.70. The predicted molar refractivity (Wildman–Crippen MR) is 93.2 cm³/mol. The average molecular weight is 323 g/mol. The van der Waals surface area contributed by atoms with E-state index in [0.29, 0.717) is 12.6 Å². The molecule has 0 spiro atoms. The van der Waals surface area contributed by atoms with Crippen LogP contribution in [0.2, 0.25) is 0 Å². The molecule has 0 radical (unpaired) electrons. The van der Waals surface area contributed by atoms with E-state index < -0.39 is 0 Å². The zero-order valence-electron chi connectivity index (χ0n) is 13.6. The minimum absolute atomic E-state index is 0.308. The quantitative estimate of drug-likeness (QED) is 0.871. The van der Waals surface area contributed by atoms with Crippen LogP contribution in [-0.4, -0.2) is 53.7 Å². The Hall–Kier alpha value is -0.420. The fourth-order valence-corrected chi connectivity index (χ4v) is 4.82. The summed E-state index contributed by atoms with van der Waals surface area (Å²) in [5.74, 6) is 0.923. The van der Waals surface area contributed by atoms with Gasteiger partial charge in [-0.3, -0.25) is 4.90 Å². The molecular formula is C18H30N2OS. The second kappa shape index (κ2) is 8.44. The Morgan fingerprint density at radius 3 is 2.77 bits per heavy atom. The van der Waals surface area contributed by atoms with Crippen LogP contribution in [-0.2, 0) is 6.54 Å². The number of nitrogens with zero attached hydrogens (tertiary/aromatic N) is 2. The lowest BCUT2D eigenvalue weighted by molar-refractivity contribution is 0.0433. The van der Waals surface area contributed by atoms with Crippen molar-refractivity contribution in [2.24, 2.45) is 5.92 Å². The Balaban J connectivity index is 1.53. The van der Waals surface area contributed by atoms with E-state index >= 15 is 0 Å². The van der Waals surface area contributed by atoms with Crippen molar-refractivity contribution in [2.45, 2.75) is 51.1 Å². The molecule has 3 nitrogen and oxygen atoms in total. The average Bonchev–Trinajstić information content (AvgIpc) is 3.04. The molecule has 1 aliphatic heterocycles. The third-order valence-corrected chi connectivity index (χ3v) is 6.19. The van der Waals surface area contributed by atoms with Gasteiger partial charge in [-0.1, -0.05) is 25.3 Å². The zero-order chi connectivity index (χ0) is 15.2. The van der Waals surface area contributed by atoms with E-state index in [0.717, 1.165) is 32.0 Å². The molecule has 2 heterocycles. The molecule has 2 aliphatic rings. The van der Waals surface area contributed by atoms with Crippen LogP contribution < -0.4 is 0 Å². The molecule has 1 saturated heterocycles. The number of aliphatic hydroxyl groups excluding tert-OH is 1. The van der Waals surface area contributed by atoms with Gasteiger partial charge in [-0.05, 0) is 36.6 Å². The molecule has 1 aromatic heterocycles. The molecule has 0 bridgehead atoms. The molecule has 0 unspecified atom stereocenters. The molecule has 0 aromatic carbocycles. The molecule has 3 rings (SSSR count). The summed E-state index contributed by atoms with van der Waals surface area (Å²) in [6.07, 6.45) is 8.08. The molecule has 124 valence electrons. The Morgan fingerprint density at radius 1 is 1.18 bits per heavy atom. The highest BCUT2D eigenvalue weighted by atomic mass is 32.1. The van der Waals surface area contributed by atoms with Crippen LogP contribution in [0.1, 0.15) is 43.4 Å². The summed E-state index contributed by atoms with van der Waals surface area (Å²) >= 11 is 1.85. The summed E-state index contributed by atoms with van der Waals surface area (Å²) in [6.45, 7) is 6.14. The van der Waals surface area contributed by atoms with Crippen molar-refractivity contribution in [2.75, 3.05) is 32.8 Å². The first kappa shape index (κ1) is 16.4. The van der Waals surface area contributed by atoms with Gasteiger partial charge in [0.25, 0.3) is 0 Å². The highest BCUT2D eigenvalue weighted by Crippen LogP contribution is 2.26. The van der Waals surface area contributed by atoms with Gasteiger partial charge in [-0.15, -0.1) is 11.3 Å². The van der Waals surface area contributed by atoms with E-state index in [2.05, 4.69) is 27.3 Å². The second-order valence-electron chi connectivity index (χ2n) is 6.98. The van der Waals surface area contributed by atoms with Gasteiger partial charge in [0.1, 0.15) is 0 Å². The van der Waals surface area contributed by atoms with E-state index in [1.54, 1.807) is 0 Å². The zero-order valence-corrected chi connectivity index (χ0v) is 14.4. The standard InChI is InChI=1S/C18H30N2OS/c21-11-8-17-14-19(13-16-5-2-1-3-6-16)9-10-20(17)15-18-7-4-12-22-18/h4,7,12,16-17,21H,1-3,5-6,8-11,13-15H2/t17-/m1/s1. The number of piperazine rings is 1. The normalized spacial score (nSPS) is 25.6. The summed E-state index contributed by atoms with van der Waals surface area (Å²) in [7, 11) is 0. The van der Waals surface area contributed by atoms with Crippen LogP contribution in [0.25, 0.3) is 0 Å². The van der Waals surface area contributed by atoms with Gasteiger partial charge in [0.15, 0.2) is 0 Å². The molecule has 22 heavy (non-hydrogen) atoms. The molecule has 4 heteroatoms. The van der Waals surface area contributed by atoms with Crippen LogP contribution >= 0.6 is 11.3 Å². The molecule has 0 amide bonds. The Labute approximate surface area is 138 Å². The number of thiophene rings is 1. The van der Waals surface area contributed by atoms with Gasteiger partial charge in [0.05, 0.1) is 0 Å². The highest BCUT2D eigenvalue weighted by molar-refractivity contribution is 7.09. The second-order valence-corrected chi connectivity index (χ2v) is 8.01. The third-order valence-electron chi connectivity index (χ3n) is 5.33. The molecule has 2 fully saturated rings. The highest BCUT2D eigenvalue weighted by Gasteiger charge is 2.28. The SMILES string of the molecule is OCC[C@@H]1CN(CC2CCCCC2)CCN1Cc1cccs1. The molecular weight excluding hydrogens is 292 g/mol. The van der Waals surface area contributed by atoms with Gasteiger partial charge in [-0.25, -0.2) is 0 Å². The maximum absolute atomic E-state index is 9.43. The van der Waals surface area contributed by atoms with Gasteiger partial charge in [0, 0.05) is 50.2 Å². The van der Waals surface area contributed by atoms with Crippen molar-refractivity contribution < 1.29 is 5.11 Å². The minimum Gasteiger partial charge on any atom is -0.396 e. The van der Waals surface area contributed by atoms with E-state index in [4.69, 9.17) is 0 Å². The fourth-order valence-electron chi connectivity index (χ4n) is 4.09. The van der Waals surface area contributed by atoms with Crippen molar-refractivity contribution >= 4 is 11.3 Å². The van der Waals surface area contributed by atoms with Crippen molar-refractivity contribution in [1.82, 2.24) is 9.80 Å². The van der Waals surface area contributed by atoms with E-state index in [9.17, 15) is 5.11 Å². The molecule has 1 N–H and O–H groups in total. The summed E-state index contributed by atoms with van der Waals surface area (Å²) in [5.41, 5.74) is 0. The fraction of sp³-hybridized carbons (Fsp3) is 0.778. The van der Waals surface area contributed by atoms with E-state index in [1.165, 1.54) is 50.1 Å². The van der Waals surface area contributed by atoms with Crippen LogP contribution in [0.15, 0.2) is 17.5 Å². The monoisotopic (exact) mass is 322 g/mol. The van der Waals surface area contributed by atoms with Gasteiger partial charge in [0.2, 0.25) is 0 Å². The van der Waals surface area contributed by atoms with E-state index in [-0.39, 0.29) is 0 Å². The van der Waals surface area contributed by atoms with Crippen LogP contribution in [0.3, 0.4) is 0 Å². The minimum atomic E-state index is 0.308. The van der Waals surface area contributed by atoms with Gasteiger partial charge in [-0.2, -0.15) is 0 Å². The maximum Gasteiger partial charge on any atom is 0.0446 e. The first-order chi connectivity index (χ1) is 10.8. The van der Waals surface area contributed by atoms with Crippen LogP contribution in [0.5, 0.6) is 0 Å². The molecule has 1 atom stereocenters. The molecule has 1 aliphatic carbocycles. The largest absolute Gasteiger partial charge is 0.396 e. The van der Waals surface area contributed by atoms with Gasteiger partial charge >= 0.3 is 0 Å². The number of hydrogen-bond donors (Lipinski definition) is 1. The maximum atomic E-state index is 9.43. The van der Waals surface area contributed by atoms with Crippen LogP contribution in [0.4, 0.5) is 0 Å². The summed E-state index contributed by atoms with van der Waals surface area (Å²) in [6, 6.07) is 4.89. The smallest absolute Gasteiger partial charge is 0.0446 e. The first-order valence-corrected chi connectivity index (χ1v) is 9.83. The number of aliphatic hydroxyl groups is 1. The lowest BCUT2D eigenvalue weighted by atomic mass is 9.88. The summed E-state index contributed by atoms with van der Waals surface area (Å²) in [5, 5.41) is 11.6. The predicted octanol–water partition coefficient (Wildman–Crippen LogP) is 3.20. The van der Waals surface area contributed by atoms with Crippen molar-refractivity contribution in [1.29, 1.82) is 0 Å². The van der Waals surface area contributed by atoms with Gasteiger partial charge < -0.3 is 10.0 Å². The topological polar surface area (TPSA) is 26.7 Å². The Bertz CT molecular complexity index is 417. The molecule has 1 aromatic rings. The number of hydrogen-bond acceptors (Lipinski definition) is 4. The lowest BCUT2D eigenvalue weighted by Crippen LogP contribution is -2.53. The summed E-state index contributed by atoms with van der Waals surface area (Å²) < 4.78 is 0. The van der Waals surface area contributed by atoms with Crippen molar-refractivity contribution in [3.63, 3.8) is 0 Å².